The van der Waals surface area contributed by atoms with Gasteiger partial charge in [-0.05, 0) is 82.7 Å². The third kappa shape index (κ3) is 13.1. The Kier molecular flexibility index (Phi) is 17.3. The highest BCUT2D eigenvalue weighted by Crippen LogP contribution is 2.32. The number of guanidine groups is 1. The fourth-order valence-electron chi connectivity index (χ4n) is 4.41. The average molecular weight is 629 g/mol. The van der Waals surface area contributed by atoms with Crippen molar-refractivity contribution in [3.8, 4) is 0 Å². The van der Waals surface area contributed by atoms with Crippen molar-refractivity contribution in [2.75, 3.05) is 52.8 Å². The smallest absolute Gasteiger partial charge is 0.215 e. The molecule has 44 heavy (non-hydrogen) atoms. The van der Waals surface area contributed by atoms with Gasteiger partial charge in [-0.1, -0.05) is 44.0 Å². The maximum absolute atomic E-state index is 14.7. The molecule has 0 aliphatic carbocycles. The van der Waals surface area contributed by atoms with E-state index in [1.165, 1.54) is 6.20 Å². The van der Waals surface area contributed by atoms with E-state index in [1.54, 1.807) is 26.4 Å². The zero-order valence-electron chi connectivity index (χ0n) is 27.2. The summed E-state index contributed by atoms with van der Waals surface area (Å²) in [7, 11) is 5.42. The summed E-state index contributed by atoms with van der Waals surface area (Å²) in [6, 6.07) is 9.39. The molecule has 3 atom stereocenters. The van der Waals surface area contributed by atoms with Gasteiger partial charge in [0.2, 0.25) is 5.96 Å². The Hall–Kier alpha value is -3.31. The summed E-state index contributed by atoms with van der Waals surface area (Å²) in [5.41, 5.74) is 6.28. The Morgan fingerprint density at radius 2 is 1.98 bits per heavy atom. The second-order valence-corrected chi connectivity index (χ2v) is 11.1. The van der Waals surface area contributed by atoms with Gasteiger partial charge in [-0.2, -0.15) is 5.10 Å². The zero-order chi connectivity index (χ0) is 32.3. The van der Waals surface area contributed by atoms with Gasteiger partial charge < -0.3 is 20.7 Å². The number of aromatic nitrogens is 1. The lowest BCUT2D eigenvalue weighted by Crippen LogP contribution is -2.35. The minimum atomic E-state index is -0.412. The van der Waals surface area contributed by atoms with Crippen LogP contribution in [0.4, 0.5) is 15.8 Å². The summed E-state index contributed by atoms with van der Waals surface area (Å²) < 4.78 is 20.3. The van der Waals surface area contributed by atoms with E-state index in [9.17, 15) is 4.39 Å². The lowest BCUT2D eigenvalue weighted by atomic mass is 9.86. The lowest BCUT2D eigenvalue weighted by Gasteiger charge is -2.23. The Labute approximate surface area is 268 Å². The predicted octanol–water partition coefficient (Wildman–Crippen LogP) is 6.44. The van der Waals surface area contributed by atoms with Crippen LogP contribution in [0.15, 0.2) is 70.8 Å². The van der Waals surface area contributed by atoms with Crippen LogP contribution >= 0.6 is 11.6 Å². The molecule has 0 saturated carbocycles. The molecule has 242 valence electrons. The molecule has 2 rings (SSSR count). The number of ether oxygens (including phenoxy) is 1. The fraction of sp³-hybridized carbons (Fsp3) is 0.485. The summed E-state index contributed by atoms with van der Waals surface area (Å²) in [6.07, 6.45) is 11.0. The number of rotatable bonds is 18. The summed E-state index contributed by atoms with van der Waals surface area (Å²) in [5, 5.41) is 14.3. The number of hydrazone groups is 1. The summed E-state index contributed by atoms with van der Waals surface area (Å²) >= 11 is 6.50. The van der Waals surface area contributed by atoms with Crippen LogP contribution in [0, 0.1) is 5.92 Å². The third-order valence-corrected chi connectivity index (χ3v) is 7.37. The first-order valence-corrected chi connectivity index (χ1v) is 15.6. The molecule has 0 bridgehead atoms. The predicted molar refractivity (Wildman–Crippen MR) is 184 cm³/mol. The molecule has 1 aromatic heterocycles. The normalized spacial score (nSPS) is 14.8. The Bertz CT molecular complexity index is 1230. The maximum Gasteiger partial charge on any atom is 0.215 e. The number of benzene rings is 1. The van der Waals surface area contributed by atoms with Crippen LogP contribution in [0.5, 0.6) is 0 Å². The Morgan fingerprint density at radius 1 is 1.18 bits per heavy atom. The van der Waals surface area contributed by atoms with E-state index in [0.29, 0.717) is 35.7 Å². The van der Waals surface area contributed by atoms with Crippen LogP contribution in [0.1, 0.15) is 57.7 Å². The second kappa shape index (κ2) is 20.6. The third-order valence-electron chi connectivity index (χ3n) is 7.15. The van der Waals surface area contributed by atoms with E-state index >= 15 is 0 Å². The van der Waals surface area contributed by atoms with Gasteiger partial charge in [0.1, 0.15) is 5.83 Å². The van der Waals surface area contributed by atoms with Gasteiger partial charge in [-0.25, -0.2) is 9.82 Å². The molecular weight excluding hydrogens is 579 g/mol. The van der Waals surface area contributed by atoms with Gasteiger partial charge in [-0.3, -0.25) is 14.9 Å². The molecule has 0 fully saturated rings. The topological polar surface area (TPSA) is 98.2 Å². The zero-order valence-corrected chi connectivity index (χ0v) is 28.0. The van der Waals surface area contributed by atoms with E-state index in [2.05, 4.69) is 68.5 Å². The number of hydrogen-bond donors (Lipinski definition) is 4. The highest BCUT2D eigenvalue weighted by molar-refractivity contribution is 6.31. The van der Waals surface area contributed by atoms with Crippen molar-refractivity contribution >= 4 is 35.1 Å². The highest BCUT2D eigenvalue weighted by atomic mass is 35.5. The number of halogens is 2. The number of anilines is 2. The molecule has 11 heteroatoms. The van der Waals surface area contributed by atoms with Gasteiger partial charge >= 0.3 is 0 Å². The largest absolute Gasteiger partial charge is 0.380 e. The SMILES string of the molecule is C/C=C\C(c1cc(Cl)cc(Nc2ccc(/C=N/NC(=NC)N/C=C(/F)C(C)N(C)CCOCCCC)nc2)c1)C(C)CNC. The average Bonchev–Trinajstić information content (AvgIpc) is 3.01. The van der Waals surface area contributed by atoms with Crippen molar-refractivity contribution in [1.29, 1.82) is 0 Å². The number of nitrogens with zero attached hydrogens (tertiary/aromatic N) is 4. The molecule has 3 unspecified atom stereocenters. The van der Waals surface area contributed by atoms with E-state index in [1.807, 2.05) is 50.2 Å². The number of nitrogens with one attached hydrogen (secondary N) is 4. The molecule has 1 heterocycles. The van der Waals surface area contributed by atoms with Crippen molar-refractivity contribution in [1.82, 2.24) is 25.9 Å². The second-order valence-electron chi connectivity index (χ2n) is 10.7. The van der Waals surface area contributed by atoms with Crippen molar-refractivity contribution in [3.05, 3.63) is 77.0 Å². The van der Waals surface area contributed by atoms with Crippen LogP contribution in [0.25, 0.3) is 0 Å². The summed E-state index contributed by atoms with van der Waals surface area (Å²) in [5.74, 6) is 0.605. The van der Waals surface area contributed by atoms with Crippen molar-refractivity contribution < 1.29 is 9.13 Å². The van der Waals surface area contributed by atoms with Crippen LogP contribution in [0.3, 0.4) is 0 Å². The minimum Gasteiger partial charge on any atom is -0.380 e. The quantitative estimate of drug-likeness (QED) is 0.0496. The number of aliphatic imine (C=N–C) groups is 1. The monoisotopic (exact) mass is 628 g/mol. The molecule has 0 saturated heterocycles. The Morgan fingerprint density at radius 3 is 2.64 bits per heavy atom. The molecule has 1 aromatic carbocycles. The first kappa shape index (κ1) is 36.9. The molecule has 0 aliphatic rings. The van der Waals surface area contributed by atoms with Gasteiger partial charge in [0.05, 0.1) is 36.4 Å². The van der Waals surface area contributed by atoms with Gasteiger partial charge in [0.15, 0.2) is 0 Å². The number of likely N-dealkylation sites (N-methyl/N-ethyl adjacent to an activating group) is 1. The molecule has 9 nitrogen and oxygen atoms in total. The van der Waals surface area contributed by atoms with Crippen molar-refractivity contribution in [2.45, 2.75) is 52.5 Å². The van der Waals surface area contributed by atoms with E-state index in [4.69, 9.17) is 16.3 Å². The number of hydrogen-bond acceptors (Lipinski definition) is 7. The van der Waals surface area contributed by atoms with Gasteiger partial charge in [0.25, 0.3) is 0 Å². The number of pyridine rings is 1. The lowest BCUT2D eigenvalue weighted by molar-refractivity contribution is 0.100. The molecule has 0 aliphatic heterocycles. The first-order valence-electron chi connectivity index (χ1n) is 15.2. The molecule has 2 aromatic rings. The van der Waals surface area contributed by atoms with Crippen molar-refractivity contribution in [2.24, 2.45) is 16.0 Å². The first-order chi connectivity index (χ1) is 21.2. The molecule has 4 N–H and O–H groups in total. The van der Waals surface area contributed by atoms with E-state index in [-0.39, 0.29) is 11.7 Å². The summed E-state index contributed by atoms with van der Waals surface area (Å²) in [4.78, 5) is 10.4. The van der Waals surface area contributed by atoms with Crippen LogP contribution in [-0.2, 0) is 4.74 Å². The number of unbranched alkanes of at least 4 members (excludes halogenated alkanes) is 1. The van der Waals surface area contributed by atoms with Crippen LogP contribution in [-0.4, -0.2) is 75.5 Å². The Balaban J connectivity index is 1.94. The fourth-order valence-corrected chi connectivity index (χ4v) is 4.65. The minimum absolute atomic E-state index is 0.235. The molecular formula is C33H50ClFN8O. The van der Waals surface area contributed by atoms with E-state index in [0.717, 1.165) is 42.9 Å². The van der Waals surface area contributed by atoms with Gasteiger partial charge in [-0.15, -0.1) is 0 Å². The van der Waals surface area contributed by atoms with Gasteiger partial charge in [0, 0.05) is 43.0 Å². The van der Waals surface area contributed by atoms with Crippen LogP contribution < -0.4 is 21.4 Å². The van der Waals surface area contributed by atoms with Crippen molar-refractivity contribution in [3.63, 3.8) is 0 Å². The standard InChI is InChI=1S/C33H50ClFN8O/c1-8-10-15-44-16-14-43(7)25(4)32(35)23-39-33(37-6)42-40-22-28-12-13-29(21-38-28)41-30-18-26(17-27(34)19-30)31(11-9-2)24(3)20-36-5/h9,11-13,17-19,21-25,31,36,41H,8,10,14-16,20H2,1-7H3,(H2,37,39,42)/b11-9-,32-23+,40-22+. The van der Waals surface area contributed by atoms with Crippen LogP contribution in [0.2, 0.25) is 5.02 Å². The molecule has 0 radical (unpaired) electrons. The number of allylic oxidation sites excluding steroid dienone is 2. The maximum atomic E-state index is 14.7. The summed E-state index contributed by atoms with van der Waals surface area (Å²) in [6.45, 7) is 11.0. The highest BCUT2D eigenvalue weighted by Gasteiger charge is 2.17. The molecule has 0 amide bonds. The van der Waals surface area contributed by atoms with E-state index < -0.39 is 6.04 Å². The molecule has 0 spiro atoms.